The van der Waals surface area contributed by atoms with Crippen LogP contribution in [0.2, 0.25) is 0 Å². The van der Waals surface area contributed by atoms with Gasteiger partial charge in [-0.15, -0.1) is 0 Å². The van der Waals surface area contributed by atoms with E-state index in [1.807, 2.05) is 30.3 Å². The molecule has 1 aromatic carbocycles. The molecule has 11 heavy (non-hydrogen) atoms. The Morgan fingerprint density at radius 1 is 1.36 bits per heavy atom. The van der Waals surface area contributed by atoms with Crippen molar-refractivity contribution in [1.29, 1.82) is 0 Å². The van der Waals surface area contributed by atoms with Gasteiger partial charge >= 0.3 is 0 Å². The van der Waals surface area contributed by atoms with E-state index in [1.165, 1.54) is 9.21 Å². The number of halogens is 1. The van der Waals surface area contributed by atoms with Gasteiger partial charge in [0.05, 0.1) is 0 Å². The molecule has 0 N–H and O–H groups in total. The van der Waals surface area contributed by atoms with Crippen LogP contribution in [0.4, 0.5) is 0 Å². The molecular weight excluding hydrogens is 271 g/mol. The van der Waals surface area contributed by atoms with Gasteiger partial charge in [-0.05, 0) is 0 Å². The zero-order valence-electron chi connectivity index (χ0n) is 5.79. The van der Waals surface area contributed by atoms with E-state index in [1.54, 1.807) is 0 Å². The highest BCUT2D eigenvalue weighted by atomic mass is 127. The van der Waals surface area contributed by atoms with Gasteiger partial charge in [0.1, 0.15) is 15.0 Å². The summed E-state index contributed by atoms with van der Waals surface area (Å²) in [5.41, 5.74) is 1.02. The van der Waals surface area contributed by atoms with Crippen LogP contribution in [0.25, 0.3) is 5.76 Å². The predicted octanol–water partition coefficient (Wildman–Crippen LogP) is 3.67. The van der Waals surface area contributed by atoms with E-state index in [0.29, 0.717) is 5.76 Å². The molecule has 0 spiro atoms. The van der Waals surface area contributed by atoms with E-state index < -0.39 is 0 Å². The molecule has 0 fully saturated rings. The largest absolute Gasteiger partial charge is 0.415 e. The van der Waals surface area contributed by atoms with Gasteiger partial charge in [0, 0.05) is 26.8 Å². The van der Waals surface area contributed by atoms with E-state index in [9.17, 15) is 0 Å². The van der Waals surface area contributed by atoms with Crippen LogP contribution < -0.4 is 0 Å². The Morgan fingerprint density at radius 2 is 2.00 bits per heavy atom. The van der Waals surface area contributed by atoms with Crippen molar-refractivity contribution in [2.24, 2.45) is 0 Å². The minimum absolute atomic E-state index is 0.699. The van der Waals surface area contributed by atoms with Crippen molar-refractivity contribution in [2.75, 3.05) is 0 Å². The lowest BCUT2D eigenvalue weighted by molar-refractivity contribution is 0.617. The summed E-state index contributed by atoms with van der Waals surface area (Å²) in [5, 5.41) is 0. The monoisotopic (exact) mass is 278 g/mol. The molecule has 0 saturated heterocycles. The van der Waals surface area contributed by atoms with Gasteiger partial charge in [-0.25, -0.2) is 0 Å². The van der Waals surface area contributed by atoms with Gasteiger partial charge in [-0.2, -0.15) is 0 Å². The van der Waals surface area contributed by atoms with Gasteiger partial charge in [0.25, 0.3) is 0 Å². The highest BCUT2D eigenvalue weighted by Crippen LogP contribution is 2.23. The van der Waals surface area contributed by atoms with E-state index in [0.717, 1.165) is 5.56 Å². The van der Waals surface area contributed by atoms with Crippen LogP contribution in [0.15, 0.2) is 36.9 Å². The minimum atomic E-state index is 0.699. The Hall–Kier alpha value is -0.160. The fourth-order valence-electron chi connectivity index (χ4n) is 0.710. The van der Waals surface area contributed by atoms with Crippen LogP contribution in [0.3, 0.4) is 0 Å². The Bertz CT molecular complexity index is 235. The Labute approximate surface area is 82.6 Å². The summed E-state index contributed by atoms with van der Waals surface area (Å²) >= 11 is 2.06. The number of rotatable bonds is 3. The standard InChI is InChI=1S/C8H7IOS/c1-7(10-11-9)8-5-3-2-4-6-8/h2-6H,1H2. The molecule has 58 valence electrons. The van der Waals surface area contributed by atoms with Crippen molar-refractivity contribution in [1.82, 2.24) is 0 Å². The maximum absolute atomic E-state index is 5.14. The highest BCUT2D eigenvalue weighted by molar-refractivity contribution is 14.2. The van der Waals surface area contributed by atoms with Crippen molar-refractivity contribution >= 4 is 36.2 Å². The Morgan fingerprint density at radius 3 is 2.55 bits per heavy atom. The second kappa shape index (κ2) is 4.66. The first-order chi connectivity index (χ1) is 5.34. The van der Waals surface area contributed by atoms with E-state index in [-0.39, 0.29) is 0 Å². The average molecular weight is 278 g/mol. The molecule has 0 aliphatic carbocycles. The predicted molar refractivity (Wildman–Crippen MR) is 58.2 cm³/mol. The summed E-state index contributed by atoms with van der Waals surface area (Å²) in [6, 6.07) is 9.82. The van der Waals surface area contributed by atoms with E-state index >= 15 is 0 Å². The van der Waals surface area contributed by atoms with E-state index in [4.69, 9.17) is 4.18 Å². The molecule has 0 unspecified atom stereocenters. The smallest absolute Gasteiger partial charge is 0.138 e. The van der Waals surface area contributed by atoms with Gasteiger partial charge in [0.2, 0.25) is 0 Å². The maximum atomic E-state index is 5.14. The van der Waals surface area contributed by atoms with Crippen LogP contribution in [0.1, 0.15) is 5.56 Å². The van der Waals surface area contributed by atoms with Crippen LogP contribution in [0, 0.1) is 0 Å². The Balaban J connectivity index is 2.69. The van der Waals surface area contributed by atoms with Gasteiger partial charge < -0.3 is 4.18 Å². The van der Waals surface area contributed by atoms with E-state index in [2.05, 4.69) is 27.8 Å². The fourth-order valence-corrected chi connectivity index (χ4v) is 1.53. The first-order valence-corrected chi connectivity index (χ1v) is 6.32. The molecule has 0 radical (unpaired) electrons. The molecule has 1 rings (SSSR count). The minimum Gasteiger partial charge on any atom is -0.415 e. The summed E-state index contributed by atoms with van der Waals surface area (Å²) in [7, 11) is 1.28. The summed E-state index contributed by atoms with van der Waals surface area (Å²) in [5.74, 6) is 0.699. The topological polar surface area (TPSA) is 9.23 Å². The fraction of sp³-hybridized carbons (Fsp3) is 0. The van der Waals surface area contributed by atoms with Crippen LogP contribution >= 0.6 is 30.4 Å². The van der Waals surface area contributed by atoms with Crippen molar-refractivity contribution in [3.63, 3.8) is 0 Å². The molecule has 0 bridgehead atoms. The molecule has 0 atom stereocenters. The molecule has 0 aromatic heterocycles. The lowest BCUT2D eigenvalue weighted by Gasteiger charge is -2.02. The highest BCUT2D eigenvalue weighted by Gasteiger charge is 1.96. The molecule has 0 aliphatic heterocycles. The van der Waals surface area contributed by atoms with Gasteiger partial charge in [0.15, 0.2) is 0 Å². The summed E-state index contributed by atoms with van der Waals surface area (Å²) in [4.78, 5) is 0. The van der Waals surface area contributed by atoms with Crippen molar-refractivity contribution in [3.8, 4) is 0 Å². The molecule has 1 aromatic rings. The molecule has 0 amide bonds. The molecule has 0 aliphatic rings. The normalized spacial score (nSPS) is 9.18. The van der Waals surface area contributed by atoms with Crippen LogP contribution in [0.5, 0.6) is 0 Å². The molecule has 0 heterocycles. The third kappa shape index (κ3) is 2.75. The molecule has 1 nitrogen and oxygen atoms in total. The second-order valence-electron chi connectivity index (χ2n) is 1.94. The van der Waals surface area contributed by atoms with Crippen molar-refractivity contribution in [2.45, 2.75) is 0 Å². The number of hydrogen-bond donors (Lipinski definition) is 0. The van der Waals surface area contributed by atoms with Crippen molar-refractivity contribution in [3.05, 3.63) is 42.5 Å². The molecule has 0 saturated carbocycles. The zero-order valence-corrected chi connectivity index (χ0v) is 8.76. The third-order valence-electron chi connectivity index (χ3n) is 1.23. The van der Waals surface area contributed by atoms with Gasteiger partial charge in [-0.1, -0.05) is 36.9 Å². The van der Waals surface area contributed by atoms with Crippen molar-refractivity contribution < 1.29 is 4.18 Å². The quantitative estimate of drug-likeness (QED) is 0.474. The molecular formula is C8H7IOS. The van der Waals surface area contributed by atoms with Crippen LogP contribution in [-0.2, 0) is 4.18 Å². The zero-order chi connectivity index (χ0) is 8.10. The molecule has 3 heteroatoms. The third-order valence-corrected chi connectivity index (χ3v) is 2.03. The van der Waals surface area contributed by atoms with Gasteiger partial charge in [-0.3, -0.25) is 0 Å². The second-order valence-corrected chi connectivity index (χ2v) is 3.31. The average Bonchev–Trinajstić information content (AvgIpc) is 2.07. The van der Waals surface area contributed by atoms with Crippen LogP contribution in [-0.4, -0.2) is 0 Å². The number of hydrogen-bond acceptors (Lipinski definition) is 2. The SMILES string of the molecule is C=C(OSI)c1ccccc1. The first-order valence-electron chi connectivity index (χ1n) is 3.04. The lowest BCUT2D eigenvalue weighted by Crippen LogP contribution is -1.79. The Kier molecular flexibility index (Phi) is 3.79. The lowest BCUT2D eigenvalue weighted by atomic mass is 10.2. The summed E-state index contributed by atoms with van der Waals surface area (Å²) < 4.78 is 5.14. The maximum Gasteiger partial charge on any atom is 0.138 e. The number of benzene rings is 1. The first kappa shape index (κ1) is 8.93. The summed E-state index contributed by atoms with van der Waals surface area (Å²) in [6.07, 6.45) is 0. The summed E-state index contributed by atoms with van der Waals surface area (Å²) in [6.45, 7) is 3.77.